The smallest absolute Gasteiger partial charge is 0.344 e. The van der Waals surface area contributed by atoms with Crippen molar-refractivity contribution >= 4 is 28.3 Å². The molecule has 0 radical (unpaired) electrons. The SMILES string of the molecule is CC(=O)Nc1nc(C(=O)NC(CC(C)C)c2cccc(C(F)(F)F)c2)cs1. The Morgan fingerprint density at radius 1 is 1.26 bits per heavy atom. The zero-order chi connectivity index (χ0) is 20.2. The Hall–Kier alpha value is -2.42. The van der Waals surface area contributed by atoms with Crippen LogP contribution in [-0.4, -0.2) is 16.8 Å². The van der Waals surface area contributed by atoms with Gasteiger partial charge in [-0.2, -0.15) is 13.2 Å². The molecule has 0 aliphatic carbocycles. The van der Waals surface area contributed by atoms with Crippen molar-refractivity contribution in [3.63, 3.8) is 0 Å². The normalized spacial score (nSPS) is 12.7. The summed E-state index contributed by atoms with van der Waals surface area (Å²) in [4.78, 5) is 27.6. The van der Waals surface area contributed by atoms with Gasteiger partial charge in [-0.1, -0.05) is 26.0 Å². The van der Waals surface area contributed by atoms with Crippen molar-refractivity contribution in [3.8, 4) is 0 Å². The standard InChI is InChI=1S/C18H20F3N3O2S/c1-10(2)7-14(12-5-4-6-13(8-12)18(19,20)21)23-16(26)15-9-27-17(24-15)22-11(3)25/h4-6,8-10,14H,7H2,1-3H3,(H,23,26)(H,22,24,25). The summed E-state index contributed by atoms with van der Waals surface area (Å²) in [5.74, 6) is -0.668. The van der Waals surface area contributed by atoms with Crippen LogP contribution in [0.3, 0.4) is 0 Å². The van der Waals surface area contributed by atoms with E-state index in [2.05, 4.69) is 15.6 Å². The van der Waals surface area contributed by atoms with Crippen LogP contribution in [0.15, 0.2) is 29.6 Å². The van der Waals surface area contributed by atoms with E-state index in [9.17, 15) is 22.8 Å². The molecule has 1 atom stereocenters. The number of alkyl halides is 3. The molecule has 2 rings (SSSR count). The molecule has 2 N–H and O–H groups in total. The van der Waals surface area contributed by atoms with Gasteiger partial charge in [0.1, 0.15) is 5.69 Å². The third-order valence-electron chi connectivity index (χ3n) is 3.65. The molecule has 1 unspecified atom stereocenters. The summed E-state index contributed by atoms with van der Waals surface area (Å²) >= 11 is 1.10. The lowest BCUT2D eigenvalue weighted by atomic mass is 9.95. The first-order valence-corrected chi connectivity index (χ1v) is 9.15. The molecule has 0 saturated heterocycles. The molecule has 0 aliphatic rings. The van der Waals surface area contributed by atoms with E-state index in [1.165, 1.54) is 18.4 Å². The van der Waals surface area contributed by atoms with Crippen LogP contribution in [0.4, 0.5) is 18.3 Å². The first-order valence-electron chi connectivity index (χ1n) is 8.27. The van der Waals surface area contributed by atoms with E-state index in [0.717, 1.165) is 23.5 Å². The number of amides is 2. The summed E-state index contributed by atoms with van der Waals surface area (Å²) in [6.07, 6.45) is -3.99. The number of halogens is 3. The Labute approximate surface area is 159 Å². The molecule has 0 bridgehead atoms. The number of benzene rings is 1. The van der Waals surface area contributed by atoms with Crippen LogP contribution in [-0.2, 0) is 11.0 Å². The van der Waals surface area contributed by atoms with Crippen molar-refractivity contribution in [1.29, 1.82) is 0 Å². The number of anilines is 1. The second-order valence-electron chi connectivity index (χ2n) is 6.50. The third kappa shape index (κ3) is 6.06. The van der Waals surface area contributed by atoms with Gasteiger partial charge < -0.3 is 10.6 Å². The van der Waals surface area contributed by atoms with E-state index >= 15 is 0 Å². The van der Waals surface area contributed by atoms with Crippen molar-refractivity contribution in [1.82, 2.24) is 10.3 Å². The largest absolute Gasteiger partial charge is 0.416 e. The van der Waals surface area contributed by atoms with Gasteiger partial charge in [0.15, 0.2) is 5.13 Å². The molecule has 146 valence electrons. The van der Waals surface area contributed by atoms with Crippen LogP contribution in [0.1, 0.15) is 54.8 Å². The van der Waals surface area contributed by atoms with Gasteiger partial charge in [-0.25, -0.2) is 4.98 Å². The van der Waals surface area contributed by atoms with E-state index in [1.807, 2.05) is 13.8 Å². The molecule has 2 aromatic rings. The monoisotopic (exact) mass is 399 g/mol. The molecule has 0 aliphatic heterocycles. The maximum Gasteiger partial charge on any atom is 0.416 e. The van der Waals surface area contributed by atoms with Gasteiger partial charge in [0.2, 0.25) is 5.91 Å². The van der Waals surface area contributed by atoms with E-state index in [0.29, 0.717) is 12.0 Å². The Bertz CT molecular complexity index is 818. The molecule has 1 heterocycles. The van der Waals surface area contributed by atoms with Crippen molar-refractivity contribution in [2.75, 3.05) is 5.32 Å². The molecule has 0 fully saturated rings. The van der Waals surface area contributed by atoms with Crippen LogP contribution in [0.25, 0.3) is 0 Å². The van der Waals surface area contributed by atoms with Gasteiger partial charge in [-0.15, -0.1) is 11.3 Å². The van der Waals surface area contributed by atoms with Crippen molar-refractivity contribution in [3.05, 3.63) is 46.5 Å². The first-order chi connectivity index (χ1) is 12.6. The highest BCUT2D eigenvalue weighted by molar-refractivity contribution is 7.14. The number of thiazole rings is 1. The van der Waals surface area contributed by atoms with Gasteiger partial charge in [-0.3, -0.25) is 9.59 Å². The highest BCUT2D eigenvalue weighted by Crippen LogP contribution is 2.32. The Balaban J connectivity index is 2.23. The lowest BCUT2D eigenvalue weighted by molar-refractivity contribution is -0.137. The van der Waals surface area contributed by atoms with Crippen LogP contribution >= 0.6 is 11.3 Å². The van der Waals surface area contributed by atoms with E-state index < -0.39 is 23.7 Å². The number of carbonyl (C=O) groups is 2. The minimum Gasteiger partial charge on any atom is -0.344 e. The van der Waals surface area contributed by atoms with Gasteiger partial charge in [0.05, 0.1) is 11.6 Å². The van der Waals surface area contributed by atoms with Crippen LogP contribution in [0.5, 0.6) is 0 Å². The number of nitrogens with one attached hydrogen (secondary N) is 2. The maximum absolute atomic E-state index is 13.0. The molecule has 2 amide bonds. The average molecular weight is 399 g/mol. The minimum absolute atomic E-state index is 0.101. The zero-order valence-electron chi connectivity index (χ0n) is 15.1. The number of rotatable bonds is 6. The fraction of sp³-hybridized carbons (Fsp3) is 0.389. The molecule has 0 spiro atoms. The third-order valence-corrected chi connectivity index (χ3v) is 4.41. The second-order valence-corrected chi connectivity index (χ2v) is 7.36. The Kier molecular flexibility index (Phi) is 6.59. The first kappa shape index (κ1) is 20.9. The lowest BCUT2D eigenvalue weighted by Crippen LogP contribution is -2.30. The average Bonchev–Trinajstić information content (AvgIpc) is 3.01. The minimum atomic E-state index is -4.45. The number of hydrogen-bond acceptors (Lipinski definition) is 4. The predicted octanol–water partition coefficient (Wildman–Crippen LogP) is 4.64. The molecule has 1 aromatic carbocycles. The quantitative estimate of drug-likeness (QED) is 0.744. The Morgan fingerprint density at radius 3 is 2.56 bits per heavy atom. The zero-order valence-corrected chi connectivity index (χ0v) is 15.9. The van der Waals surface area contributed by atoms with Crippen molar-refractivity contribution < 1.29 is 22.8 Å². The topological polar surface area (TPSA) is 71.1 Å². The van der Waals surface area contributed by atoms with Gasteiger partial charge >= 0.3 is 6.18 Å². The highest BCUT2D eigenvalue weighted by Gasteiger charge is 2.31. The fourth-order valence-corrected chi connectivity index (χ4v) is 3.24. The van der Waals surface area contributed by atoms with Crippen molar-refractivity contribution in [2.45, 2.75) is 39.4 Å². The van der Waals surface area contributed by atoms with E-state index in [4.69, 9.17) is 0 Å². The van der Waals surface area contributed by atoms with Gasteiger partial charge in [-0.05, 0) is 30.0 Å². The number of hydrogen-bond donors (Lipinski definition) is 2. The summed E-state index contributed by atoms with van der Waals surface area (Å²) in [6, 6.07) is 4.35. The summed E-state index contributed by atoms with van der Waals surface area (Å²) < 4.78 is 39.0. The summed E-state index contributed by atoms with van der Waals surface area (Å²) in [7, 11) is 0. The predicted molar refractivity (Wildman–Crippen MR) is 97.5 cm³/mol. The molecular weight excluding hydrogens is 379 g/mol. The summed E-state index contributed by atoms with van der Waals surface area (Å²) in [5, 5.41) is 7.01. The van der Waals surface area contributed by atoms with Gasteiger partial charge in [0, 0.05) is 12.3 Å². The van der Waals surface area contributed by atoms with Crippen LogP contribution in [0, 0.1) is 5.92 Å². The summed E-state index contributed by atoms with van der Waals surface area (Å²) in [6.45, 7) is 5.17. The molecular formula is C18H20F3N3O2S. The highest BCUT2D eigenvalue weighted by atomic mass is 32.1. The lowest BCUT2D eigenvalue weighted by Gasteiger charge is -2.21. The molecule has 0 saturated carbocycles. The summed E-state index contributed by atoms with van der Waals surface area (Å²) in [5.41, 5.74) is -0.279. The maximum atomic E-state index is 13.0. The molecule has 5 nitrogen and oxygen atoms in total. The van der Waals surface area contributed by atoms with E-state index in [1.54, 1.807) is 6.07 Å². The fourth-order valence-electron chi connectivity index (χ4n) is 2.50. The Morgan fingerprint density at radius 2 is 1.96 bits per heavy atom. The van der Waals surface area contributed by atoms with Crippen molar-refractivity contribution in [2.24, 2.45) is 5.92 Å². The van der Waals surface area contributed by atoms with Crippen LogP contribution < -0.4 is 10.6 Å². The number of nitrogens with zero attached hydrogens (tertiary/aromatic N) is 1. The molecule has 1 aromatic heterocycles. The second kappa shape index (κ2) is 8.51. The van der Waals surface area contributed by atoms with E-state index in [-0.39, 0.29) is 22.7 Å². The van der Waals surface area contributed by atoms with Gasteiger partial charge in [0.25, 0.3) is 5.91 Å². The van der Waals surface area contributed by atoms with Crippen LogP contribution in [0.2, 0.25) is 0 Å². The molecule has 9 heteroatoms. The number of carbonyl (C=O) groups excluding carboxylic acids is 2. The number of aromatic nitrogens is 1. The molecule has 27 heavy (non-hydrogen) atoms.